The van der Waals surface area contributed by atoms with E-state index in [1.54, 1.807) is 20.9 Å². The summed E-state index contributed by atoms with van der Waals surface area (Å²) in [4.78, 5) is -0.143. The van der Waals surface area contributed by atoms with E-state index in [-0.39, 0.29) is 17.3 Å². The van der Waals surface area contributed by atoms with Gasteiger partial charge in [0.2, 0.25) is 20.0 Å². The summed E-state index contributed by atoms with van der Waals surface area (Å²) in [6.07, 6.45) is 2.27. The predicted molar refractivity (Wildman–Crippen MR) is 74.9 cm³/mol. The van der Waals surface area contributed by atoms with E-state index in [0.29, 0.717) is 0 Å². The van der Waals surface area contributed by atoms with Gasteiger partial charge in [-0.3, -0.25) is 4.68 Å². The topological polar surface area (TPSA) is 136 Å². The van der Waals surface area contributed by atoms with E-state index >= 15 is 0 Å². The van der Waals surface area contributed by atoms with Crippen molar-refractivity contribution in [1.29, 1.82) is 0 Å². The van der Waals surface area contributed by atoms with Gasteiger partial charge in [0.1, 0.15) is 4.90 Å². The van der Waals surface area contributed by atoms with Crippen molar-refractivity contribution in [2.24, 2.45) is 7.05 Å². The molecule has 0 aromatic carbocycles. The molecule has 0 bridgehead atoms. The minimum Gasteiger partial charge on any atom is -0.381 e. The average molecular weight is 325 g/mol. The largest absolute Gasteiger partial charge is 0.381 e. The van der Waals surface area contributed by atoms with E-state index in [2.05, 4.69) is 14.5 Å². The highest BCUT2D eigenvalue weighted by atomic mass is 32.2. The van der Waals surface area contributed by atoms with Crippen molar-refractivity contribution in [1.82, 2.24) is 19.2 Å². The van der Waals surface area contributed by atoms with Gasteiger partial charge in [-0.15, -0.1) is 0 Å². The van der Waals surface area contributed by atoms with Crippen molar-refractivity contribution >= 4 is 25.9 Å². The quantitative estimate of drug-likeness (QED) is 0.589. The summed E-state index contributed by atoms with van der Waals surface area (Å²) in [5, 5.41) is 3.74. The van der Waals surface area contributed by atoms with Crippen molar-refractivity contribution in [2.75, 3.05) is 18.5 Å². The second-order valence-electron chi connectivity index (χ2n) is 5.13. The van der Waals surface area contributed by atoms with Crippen LogP contribution in [0, 0.1) is 0 Å². The van der Waals surface area contributed by atoms with Crippen LogP contribution in [0.4, 0.5) is 5.82 Å². The second kappa shape index (κ2) is 5.31. The summed E-state index contributed by atoms with van der Waals surface area (Å²) < 4.78 is 52.4. The fourth-order valence-electron chi connectivity index (χ4n) is 1.58. The van der Waals surface area contributed by atoms with Gasteiger partial charge >= 0.3 is 0 Å². The van der Waals surface area contributed by atoms with Gasteiger partial charge in [0.25, 0.3) is 0 Å². The number of aryl methyl sites for hydroxylation is 1. The number of nitrogens with one attached hydrogen (secondary N) is 2. The van der Waals surface area contributed by atoms with Crippen LogP contribution < -0.4 is 15.2 Å². The van der Waals surface area contributed by atoms with Crippen molar-refractivity contribution in [3.63, 3.8) is 0 Å². The molecule has 20 heavy (non-hydrogen) atoms. The number of nitrogens with zero attached hydrogens (tertiary/aromatic N) is 2. The van der Waals surface area contributed by atoms with Crippen LogP contribution in [0.25, 0.3) is 0 Å². The zero-order chi connectivity index (χ0) is 15.8. The summed E-state index contributed by atoms with van der Waals surface area (Å²) in [6, 6.07) is 0. The lowest BCUT2D eigenvalue weighted by Crippen LogP contribution is -2.50. The number of rotatable bonds is 6. The first-order chi connectivity index (χ1) is 8.82. The number of nitrogens with two attached hydrogens (primary N) is 1. The molecule has 1 aromatic heterocycles. The highest BCUT2D eigenvalue weighted by molar-refractivity contribution is 7.89. The number of anilines is 1. The maximum absolute atomic E-state index is 12.1. The predicted octanol–water partition coefficient (Wildman–Crippen LogP) is -1.39. The number of sulfonamides is 2. The molecule has 0 atom stereocenters. The summed E-state index contributed by atoms with van der Waals surface area (Å²) in [5.74, 6) is -0.117. The number of hydrogen-bond donors (Lipinski definition) is 3. The molecule has 4 N–H and O–H groups in total. The fraction of sp³-hybridized carbons (Fsp3) is 0.667. The van der Waals surface area contributed by atoms with Gasteiger partial charge in [-0.25, -0.2) is 26.3 Å². The monoisotopic (exact) mass is 325 g/mol. The average Bonchev–Trinajstić information content (AvgIpc) is 2.52. The Labute approximate surface area is 118 Å². The molecule has 0 saturated heterocycles. The molecule has 1 heterocycles. The van der Waals surface area contributed by atoms with Crippen molar-refractivity contribution in [3.8, 4) is 0 Å². The van der Waals surface area contributed by atoms with Crippen molar-refractivity contribution in [3.05, 3.63) is 6.20 Å². The fourth-order valence-corrected chi connectivity index (χ4v) is 3.97. The Morgan fingerprint density at radius 2 is 1.90 bits per heavy atom. The van der Waals surface area contributed by atoms with Gasteiger partial charge in [-0.05, 0) is 13.8 Å². The molecule has 0 fully saturated rings. The summed E-state index contributed by atoms with van der Waals surface area (Å²) in [7, 11) is -5.75. The van der Waals surface area contributed by atoms with Crippen LogP contribution in [0.2, 0.25) is 0 Å². The molecule has 0 aliphatic rings. The molecule has 0 amide bonds. The van der Waals surface area contributed by atoms with E-state index in [1.807, 2.05) is 0 Å². The molecule has 116 valence electrons. The Morgan fingerprint density at radius 3 is 2.30 bits per heavy atom. The van der Waals surface area contributed by atoms with Gasteiger partial charge in [-0.2, -0.15) is 5.10 Å². The van der Waals surface area contributed by atoms with Gasteiger partial charge in [0, 0.05) is 25.3 Å². The molecule has 0 aliphatic carbocycles. The molecule has 11 heteroatoms. The highest BCUT2D eigenvalue weighted by Gasteiger charge is 2.27. The van der Waals surface area contributed by atoms with E-state index in [4.69, 9.17) is 5.73 Å². The minimum absolute atomic E-state index is 0.117. The number of hydrogen-bond acceptors (Lipinski definition) is 6. The van der Waals surface area contributed by atoms with Gasteiger partial charge < -0.3 is 5.73 Å². The maximum Gasteiger partial charge on any atom is 0.245 e. The number of nitrogen functional groups attached to an aromatic ring is 1. The van der Waals surface area contributed by atoms with E-state index in [0.717, 1.165) is 6.26 Å². The molecular weight excluding hydrogens is 306 g/mol. The molecule has 1 aromatic rings. The lowest BCUT2D eigenvalue weighted by atomic mass is 10.1. The summed E-state index contributed by atoms with van der Waals surface area (Å²) in [6.45, 7) is 2.99. The molecular formula is C9H19N5O4S2. The Morgan fingerprint density at radius 1 is 1.35 bits per heavy atom. The Bertz CT molecular complexity index is 690. The number of aromatic nitrogens is 2. The SMILES string of the molecule is Cn1cc(S(=O)(=O)NCC(C)(C)NS(C)(=O)=O)c(N)n1. The van der Waals surface area contributed by atoms with Crippen LogP contribution in [0.15, 0.2) is 11.1 Å². The Kier molecular flexibility index (Phi) is 4.49. The lowest BCUT2D eigenvalue weighted by molar-refractivity contribution is 0.446. The van der Waals surface area contributed by atoms with Gasteiger partial charge in [0.15, 0.2) is 5.82 Å². The summed E-state index contributed by atoms with van der Waals surface area (Å²) >= 11 is 0. The summed E-state index contributed by atoms with van der Waals surface area (Å²) in [5.41, 5.74) is 4.53. The molecule has 0 saturated carbocycles. The third-order valence-corrected chi connectivity index (χ3v) is 4.62. The van der Waals surface area contributed by atoms with Crippen LogP contribution in [0.1, 0.15) is 13.8 Å². The first-order valence-electron chi connectivity index (χ1n) is 5.60. The smallest absolute Gasteiger partial charge is 0.245 e. The zero-order valence-electron chi connectivity index (χ0n) is 11.7. The van der Waals surface area contributed by atoms with Crippen molar-refractivity contribution in [2.45, 2.75) is 24.3 Å². The molecule has 0 radical (unpaired) electrons. The van der Waals surface area contributed by atoms with Crippen LogP contribution in [0.5, 0.6) is 0 Å². The molecule has 9 nitrogen and oxygen atoms in total. The third-order valence-electron chi connectivity index (χ3n) is 2.28. The van der Waals surface area contributed by atoms with Crippen LogP contribution in [0.3, 0.4) is 0 Å². The molecule has 0 unspecified atom stereocenters. The Hall–Kier alpha value is -1.17. The third kappa shape index (κ3) is 4.74. The molecule has 0 aliphatic heterocycles. The standard InChI is InChI=1S/C9H19N5O4S2/c1-9(2,13-19(4,15)16)6-11-20(17,18)7-5-14(3)12-8(7)10/h5,11,13H,6H2,1-4H3,(H2,10,12). The van der Waals surface area contributed by atoms with Gasteiger partial charge in [-0.1, -0.05) is 0 Å². The van der Waals surface area contributed by atoms with E-state index < -0.39 is 25.6 Å². The van der Waals surface area contributed by atoms with Crippen molar-refractivity contribution < 1.29 is 16.8 Å². The first kappa shape index (κ1) is 16.9. The zero-order valence-corrected chi connectivity index (χ0v) is 13.3. The Balaban J connectivity index is 2.86. The highest BCUT2D eigenvalue weighted by Crippen LogP contribution is 2.15. The lowest BCUT2D eigenvalue weighted by Gasteiger charge is -2.25. The van der Waals surface area contributed by atoms with Gasteiger partial charge in [0.05, 0.1) is 6.26 Å². The van der Waals surface area contributed by atoms with Crippen LogP contribution in [-0.4, -0.2) is 45.0 Å². The van der Waals surface area contributed by atoms with Crippen LogP contribution >= 0.6 is 0 Å². The first-order valence-corrected chi connectivity index (χ1v) is 8.98. The van der Waals surface area contributed by atoms with E-state index in [9.17, 15) is 16.8 Å². The molecule has 1 rings (SSSR count). The minimum atomic E-state index is -3.85. The maximum atomic E-state index is 12.1. The normalized spacial score (nSPS) is 13.6. The second-order valence-corrected chi connectivity index (χ2v) is 8.62. The van der Waals surface area contributed by atoms with E-state index in [1.165, 1.54) is 10.9 Å². The van der Waals surface area contributed by atoms with Crippen LogP contribution in [-0.2, 0) is 27.1 Å². The molecule has 0 spiro atoms.